The van der Waals surface area contributed by atoms with Gasteiger partial charge >= 0.3 is 0 Å². The molecule has 3 rings (SSSR count). The molecule has 1 aliphatic rings. The number of ether oxygens (including phenoxy) is 2. The lowest BCUT2D eigenvalue weighted by Gasteiger charge is -2.23. The minimum absolute atomic E-state index is 0.0942. The highest BCUT2D eigenvalue weighted by Crippen LogP contribution is 2.28. The average molecular weight is 299 g/mol. The molecule has 0 spiro atoms. The summed E-state index contributed by atoms with van der Waals surface area (Å²) in [5.41, 5.74) is 1.64. The topological polar surface area (TPSA) is 56.3 Å². The van der Waals surface area contributed by atoms with Crippen molar-refractivity contribution < 1.29 is 9.47 Å². The normalized spacial score (nSPS) is 20.8. The monoisotopic (exact) mass is 299 g/mol. The zero-order valence-corrected chi connectivity index (χ0v) is 13.0. The van der Waals surface area contributed by atoms with Crippen LogP contribution in [0.5, 0.6) is 5.75 Å². The van der Waals surface area contributed by atoms with E-state index in [0.29, 0.717) is 0 Å². The van der Waals surface area contributed by atoms with Crippen LogP contribution in [0.1, 0.15) is 19.8 Å². The molecule has 1 N–H and O–H groups in total. The van der Waals surface area contributed by atoms with Gasteiger partial charge in [0.15, 0.2) is 0 Å². The average Bonchev–Trinajstić information content (AvgIpc) is 3.00. The molecular formula is C17H21N3O2. The van der Waals surface area contributed by atoms with Gasteiger partial charge in [0.05, 0.1) is 18.4 Å². The van der Waals surface area contributed by atoms with Crippen LogP contribution in [-0.2, 0) is 4.74 Å². The summed E-state index contributed by atoms with van der Waals surface area (Å²) in [6.07, 6.45) is 2.20. The third-order valence-electron chi connectivity index (χ3n) is 3.99. The molecule has 0 saturated carbocycles. The molecule has 1 saturated heterocycles. The van der Waals surface area contributed by atoms with Gasteiger partial charge in [-0.3, -0.25) is 0 Å². The first kappa shape index (κ1) is 14.8. The molecule has 0 bridgehead atoms. The number of hydrogen-bond acceptors (Lipinski definition) is 5. The van der Waals surface area contributed by atoms with Crippen LogP contribution in [-0.4, -0.2) is 36.1 Å². The number of nitrogens with one attached hydrogen (secondary N) is 1. The lowest BCUT2D eigenvalue weighted by Crippen LogP contribution is -2.32. The summed E-state index contributed by atoms with van der Waals surface area (Å²) >= 11 is 0. The lowest BCUT2D eigenvalue weighted by atomic mass is 10.0. The number of benzene rings is 1. The SMILES string of the molecule is COc1ccccc1-c1ccc(NC[C@]2(C)CCCO2)nn1. The van der Waals surface area contributed by atoms with Crippen LogP contribution >= 0.6 is 0 Å². The second-order valence-electron chi connectivity index (χ2n) is 5.76. The Bertz CT molecular complexity index is 622. The molecule has 5 nitrogen and oxygen atoms in total. The fourth-order valence-corrected chi connectivity index (χ4v) is 2.68. The molecule has 0 radical (unpaired) electrons. The zero-order chi connectivity index (χ0) is 15.4. The van der Waals surface area contributed by atoms with Gasteiger partial charge in [-0.1, -0.05) is 12.1 Å². The quantitative estimate of drug-likeness (QED) is 0.919. The summed E-state index contributed by atoms with van der Waals surface area (Å²) < 4.78 is 11.1. The molecule has 2 heterocycles. The van der Waals surface area contributed by atoms with Crippen molar-refractivity contribution in [3.63, 3.8) is 0 Å². The van der Waals surface area contributed by atoms with Crippen LogP contribution in [0.2, 0.25) is 0 Å². The highest BCUT2D eigenvalue weighted by molar-refractivity contribution is 5.67. The Balaban J connectivity index is 1.70. The maximum absolute atomic E-state index is 5.76. The Morgan fingerprint density at radius 1 is 1.23 bits per heavy atom. The second kappa shape index (κ2) is 6.32. The number of methoxy groups -OCH3 is 1. The van der Waals surface area contributed by atoms with Crippen molar-refractivity contribution in [2.24, 2.45) is 0 Å². The van der Waals surface area contributed by atoms with Crippen molar-refractivity contribution in [2.75, 3.05) is 25.6 Å². The zero-order valence-electron chi connectivity index (χ0n) is 13.0. The van der Waals surface area contributed by atoms with Crippen LogP contribution in [0.4, 0.5) is 5.82 Å². The summed E-state index contributed by atoms with van der Waals surface area (Å²) in [5.74, 6) is 1.56. The van der Waals surface area contributed by atoms with Crippen LogP contribution in [0, 0.1) is 0 Å². The van der Waals surface area contributed by atoms with Crippen LogP contribution < -0.4 is 10.1 Å². The minimum atomic E-state index is -0.0942. The third kappa shape index (κ3) is 3.20. The molecule has 1 fully saturated rings. The Kier molecular flexibility index (Phi) is 4.24. The van der Waals surface area contributed by atoms with E-state index in [-0.39, 0.29) is 5.60 Å². The molecule has 0 amide bonds. The maximum Gasteiger partial charge on any atom is 0.148 e. The standard InChI is InChI=1S/C17H21N3O2/c1-17(10-5-11-22-17)12-18-16-9-8-14(19-20-16)13-6-3-4-7-15(13)21-2/h3-4,6-9H,5,10-12H2,1-2H3,(H,18,20)/t17-/m0/s1. The Hall–Kier alpha value is -2.14. The Morgan fingerprint density at radius 3 is 2.77 bits per heavy atom. The van der Waals surface area contributed by atoms with Crippen LogP contribution in [0.25, 0.3) is 11.3 Å². The molecular weight excluding hydrogens is 278 g/mol. The van der Waals surface area contributed by atoms with Gasteiger partial charge in [-0.15, -0.1) is 10.2 Å². The number of aromatic nitrogens is 2. The molecule has 22 heavy (non-hydrogen) atoms. The molecule has 2 aromatic rings. The number of nitrogens with zero attached hydrogens (tertiary/aromatic N) is 2. The van der Waals surface area contributed by atoms with Crippen molar-refractivity contribution in [1.82, 2.24) is 10.2 Å². The highest BCUT2D eigenvalue weighted by Gasteiger charge is 2.29. The molecule has 0 unspecified atom stereocenters. The van der Waals surface area contributed by atoms with Crippen molar-refractivity contribution in [3.05, 3.63) is 36.4 Å². The summed E-state index contributed by atoms with van der Waals surface area (Å²) in [6, 6.07) is 11.7. The third-order valence-corrected chi connectivity index (χ3v) is 3.99. The van der Waals surface area contributed by atoms with E-state index in [4.69, 9.17) is 9.47 Å². The van der Waals surface area contributed by atoms with Gasteiger partial charge in [0.1, 0.15) is 11.6 Å². The summed E-state index contributed by atoms with van der Waals surface area (Å²) in [7, 11) is 1.66. The number of hydrogen-bond donors (Lipinski definition) is 1. The van der Waals surface area contributed by atoms with Gasteiger partial charge in [0, 0.05) is 18.7 Å². The minimum Gasteiger partial charge on any atom is -0.496 e. The molecule has 5 heteroatoms. The summed E-state index contributed by atoms with van der Waals surface area (Å²) in [6.45, 7) is 3.72. The first-order chi connectivity index (χ1) is 10.7. The molecule has 1 aromatic carbocycles. The van der Waals surface area contributed by atoms with E-state index in [1.54, 1.807) is 7.11 Å². The molecule has 1 aliphatic heterocycles. The Labute approximate surface area is 130 Å². The number of rotatable bonds is 5. The van der Waals surface area contributed by atoms with Gasteiger partial charge in [-0.2, -0.15) is 0 Å². The maximum atomic E-state index is 5.76. The largest absolute Gasteiger partial charge is 0.496 e. The Morgan fingerprint density at radius 2 is 2.09 bits per heavy atom. The fourth-order valence-electron chi connectivity index (χ4n) is 2.68. The molecule has 0 aliphatic carbocycles. The summed E-state index contributed by atoms with van der Waals surface area (Å²) in [5, 5.41) is 11.8. The smallest absolute Gasteiger partial charge is 0.148 e. The lowest BCUT2D eigenvalue weighted by molar-refractivity contribution is 0.0314. The van der Waals surface area contributed by atoms with Gasteiger partial charge in [-0.05, 0) is 44.0 Å². The van der Waals surface area contributed by atoms with Gasteiger partial charge in [0.25, 0.3) is 0 Å². The van der Waals surface area contributed by atoms with Crippen LogP contribution in [0.15, 0.2) is 36.4 Å². The number of anilines is 1. The van der Waals surface area contributed by atoms with Gasteiger partial charge in [0.2, 0.25) is 0 Å². The fraction of sp³-hybridized carbons (Fsp3) is 0.412. The molecule has 1 aromatic heterocycles. The molecule has 116 valence electrons. The highest BCUT2D eigenvalue weighted by atomic mass is 16.5. The van der Waals surface area contributed by atoms with E-state index in [1.165, 1.54) is 0 Å². The van der Waals surface area contributed by atoms with Crippen molar-refractivity contribution >= 4 is 5.82 Å². The van der Waals surface area contributed by atoms with E-state index in [2.05, 4.69) is 22.4 Å². The van der Waals surface area contributed by atoms with Crippen molar-refractivity contribution in [1.29, 1.82) is 0 Å². The van der Waals surface area contributed by atoms with E-state index >= 15 is 0 Å². The summed E-state index contributed by atoms with van der Waals surface area (Å²) in [4.78, 5) is 0. The van der Waals surface area contributed by atoms with Crippen molar-refractivity contribution in [3.8, 4) is 17.0 Å². The second-order valence-corrected chi connectivity index (χ2v) is 5.76. The van der Waals surface area contributed by atoms with Gasteiger partial charge < -0.3 is 14.8 Å². The first-order valence-electron chi connectivity index (χ1n) is 7.55. The van der Waals surface area contributed by atoms with E-state index < -0.39 is 0 Å². The van der Waals surface area contributed by atoms with Crippen molar-refractivity contribution in [2.45, 2.75) is 25.4 Å². The number of para-hydroxylation sites is 1. The van der Waals surface area contributed by atoms with Gasteiger partial charge in [-0.25, -0.2) is 0 Å². The molecule has 1 atom stereocenters. The predicted octanol–water partition coefficient (Wildman–Crippen LogP) is 3.13. The van der Waals surface area contributed by atoms with E-state index in [0.717, 1.165) is 48.8 Å². The predicted molar refractivity (Wildman–Crippen MR) is 86.1 cm³/mol. The van der Waals surface area contributed by atoms with E-state index in [1.807, 2.05) is 36.4 Å². The van der Waals surface area contributed by atoms with Crippen LogP contribution in [0.3, 0.4) is 0 Å². The van der Waals surface area contributed by atoms with E-state index in [9.17, 15) is 0 Å². The first-order valence-corrected chi connectivity index (χ1v) is 7.55.